The molecule has 0 aliphatic carbocycles. The molecule has 0 amide bonds. The maximum atomic E-state index is 10.8. The van der Waals surface area contributed by atoms with E-state index in [9.17, 15) is 10.1 Å². The molecule has 1 aromatic heterocycles. The van der Waals surface area contributed by atoms with Gasteiger partial charge in [-0.1, -0.05) is 0 Å². The summed E-state index contributed by atoms with van der Waals surface area (Å²) < 4.78 is 0.628. The molecule has 15 heavy (non-hydrogen) atoms. The average Bonchev–Trinajstić information content (AvgIpc) is 2.13. The van der Waals surface area contributed by atoms with Crippen LogP contribution in [0.1, 0.15) is 0 Å². The van der Waals surface area contributed by atoms with Crippen LogP contribution in [0.5, 0.6) is 0 Å². The van der Waals surface area contributed by atoms with Crippen molar-refractivity contribution in [3.63, 3.8) is 0 Å². The first-order chi connectivity index (χ1) is 7.09. The monoisotopic (exact) mass is 272 g/mol. The highest BCUT2D eigenvalue weighted by Crippen LogP contribution is 2.36. The van der Waals surface area contributed by atoms with E-state index in [0.29, 0.717) is 23.2 Å². The number of aromatic nitrogens is 1. The van der Waals surface area contributed by atoms with E-state index in [0.717, 1.165) is 0 Å². The molecule has 1 aromatic rings. The fourth-order valence-corrected chi connectivity index (χ4v) is 2.13. The number of rotatable bonds is 2. The van der Waals surface area contributed by atoms with Gasteiger partial charge in [0.05, 0.1) is 9.40 Å². The number of nitrogens with two attached hydrogens (primary N) is 1. The highest BCUT2D eigenvalue weighted by Gasteiger charge is 2.30. The van der Waals surface area contributed by atoms with Crippen molar-refractivity contribution in [3.05, 3.63) is 27.0 Å². The second kappa shape index (κ2) is 3.74. The molecular formula is C8H9BrN4O2. The lowest BCUT2D eigenvalue weighted by atomic mass is 10.1. The lowest BCUT2D eigenvalue weighted by Gasteiger charge is -2.38. The molecule has 0 bridgehead atoms. The second-order valence-corrected chi connectivity index (χ2v) is 4.27. The minimum absolute atomic E-state index is 0.0104. The van der Waals surface area contributed by atoms with Gasteiger partial charge in [-0.15, -0.1) is 0 Å². The molecule has 0 aromatic carbocycles. The Balaban J connectivity index is 2.39. The largest absolute Gasteiger partial charge is 0.362 e. The van der Waals surface area contributed by atoms with E-state index in [1.807, 2.05) is 4.90 Å². The molecule has 0 spiro atoms. The van der Waals surface area contributed by atoms with Gasteiger partial charge in [-0.3, -0.25) is 15.1 Å². The van der Waals surface area contributed by atoms with E-state index in [2.05, 4.69) is 20.9 Å². The van der Waals surface area contributed by atoms with Crippen molar-refractivity contribution >= 4 is 27.3 Å². The quantitative estimate of drug-likeness (QED) is 0.639. The number of nitrogens with zero attached hydrogens (tertiary/aromatic N) is 3. The standard InChI is InChI=1S/C8H9BrN4O2/c9-6-1-11-2-7(13(14)15)8(6)12-3-5(10)4-12/h1-2,5H,3-4,10H2. The van der Waals surface area contributed by atoms with Crippen LogP contribution in [-0.2, 0) is 0 Å². The summed E-state index contributed by atoms with van der Waals surface area (Å²) in [4.78, 5) is 16.0. The summed E-state index contributed by atoms with van der Waals surface area (Å²) in [5.74, 6) is 0. The summed E-state index contributed by atoms with van der Waals surface area (Å²) in [7, 11) is 0. The number of nitro groups is 1. The molecule has 6 nitrogen and oxygen atoms in total. The zero-order valence-electron chi connectivity index (χ0n) is 7.76. The third-order valence-corrected chi connectivity index (χ3v) is 2.86. The normalized spacial score (nSPS) is 16.3. The third-order valence-electron chi connectivity index (χ3n) is 2.28. The Morgan fingerprint density at radius 1 is 1.60 bits per heavy atom. The van der Waals surface area contributed by atoms with Crippen LogP contribution < -0.4 is 10.6 Å². The van der Waals surface area contributed by atoms with Crippen LogP contribution in [0.15, 0.2) is 16.9 Å². The van der Waals surface area contributed by atoms with Crippen molar-refractivity contribution in [3.8, 4) is 0 Å². The van der Waals surface area contributed by atoms with Crippen LogP contribution in [0.25, 0.3) is 0 Å². The predicted octanol–water partition coefficient (Wildman–Crippen LogP) is 0.900. The van der Waals surface area contributed by atoms with Crippen molar-refractivity contribution in [2.75, 3.05) is 18.0 Å². The molecule has 1 aliphatic heterocycles. The minimum atomic E-state index is -0.434. The Morgan fingerprint density at radius 2 is 2.27 bits per heavy atom. The topological polar surface area (TPSA) is 85.3 Å². The minimum Gasteiger partial charge on any atom is -0.362 e. The highest BCUT2D eigenvalue weighted by molar-refractivity contribution is 9.10. The summed E-state index contributed by atoms with van der Waals surface area (Å²) in [5, 5.41) is 10.8. The van der Waals surface area contributed by atoms with E-state index in [1.165, 1.54) is 6.20 Å². The molecule has 2 heterocycles. The lowest BCUT2D eigenvalue weighted by Crippen LogP contribution is -2.56. The predicted molar refractivity (Wildman–Crippen MR) is 58.8 cm³/mol. The SMILES string of the molecule is NC1CN(c2c(Br)cncc2[N+](=O)[O-])C1. The fourth-order valence-electron chi connectivity index (χ4n) is 1.56. The first-order valence-electron chi connectivity index (χ1n) is 4.38. The second-order valence-electron chi connectivity index (χ2n) is 3.41. The summed E-state index contributed by atoms with van der Waals surface area (Å²) in [5.41, 5.74) is 6.22. The van der Waals surface area contributed by atoms with Gasteiger partial charge in [0, 0.05) is 25.3 Å². The molecule has 1 fully saturated rings. The van der Waals surface area contributed by atoms with Crippen LogP contribution in [0.3, 0.4) is 0 Å². The van der Waals surface area contributed by atoms with E-state index >= 15 is 0 Å². The molecule has 2 rings (SSSR count). The van der Waals surface area contributed by atoms with Crippen molar-refractivity contribution in [2.24, 2.45) is 5.73 Å². The third kappa shape index (κ3) is 1.80. The van der Waals surface area contributed by atoms with Crippen LogP contribution in [0, 0.1) is 10.1 Å². The van der Waals surface area contributed by atoms with Crippen molar-refractivity contribution in [1.29, 1.82) is 0 Å². The van der Waals surface area contributed by atoms with Gasteiger partial charge in [-0.2, -0.15) is 0 Å². The van der Waals surface area contributed by atoms with Gasteiger partial charge < -0.3 is 10.6 Å². The Labute approximate surface area is 94.4 Å². The van der Waals surface area contributed by atoms with Crippen LogP contribution in [0.2, 0.25) is 0 Å². The highest BCUT2D eigenvalue weighted by atomic mass is 79.9. The summed E-state index contributed by atoms with van der Waals surface area (Å²) >= 11 is 3.26. The van der Waals surface area contributed by atoms with Crippen molar-refractivity contribution < 1.29 is 4.92 Å². The van der Waals surface area contributed by atoms with Gasteiger partial charge in [0.15, 0.2) is 0 Å². The van der Waals surface area contributed by atoms with Crippen LogP contribution in [0.4, 0.5) is 11.4 Å². The molecule has 0 saturated carbocycles. The van der Waals surface area contributed by atoms with E-state index < -0.39 is 4.92 Å². The smallest absolute Gasteiger partial charge is 0.311 e. The van der Waals surface area contributed by atoms with Gasteiger partial charge in [-0.25, -0.2) is 0 Å². The summed E-state index contributed by atoms with van der Waals surface area (Å²) in [6.07, 6.45) is 2.80. The van der Waals surface area contributed by atoms with Gasteiger partial charge in [0.2, 0.25) is 0 Å². The zero-order valence-corrected chi connectivity index (χ0v) is 9.35. The molecule has 0 unspecified atom stereocenters. The van der Waals surface area contributed by atoms with Gasteiger partial charge in [0.1, 0.15) is 11.9 Å². The van der Waals surface area contributed by atoms with Gasteiger partial charge in [0.25, 0.3) is 0 Å². The first kappa shape index (κ1) is 10.3. The molecular weight excluding hydrogens is 264 g/mol. The number of hydrogen-bond acceptors (Lipinski definition) is 5. The maximum absolute atomic E-state index is 10.8. The molecule has 1 saturated heterocycles. The number of halogens is 1. The first-order valence-corrected chi connectivity index (χ1v) is 5.17. The maximum Gasteiger partial charge on any atom is 0.311 e. The number of hydrogen-bond donors (Lipinski definition) is 1. The molecule has 0 radical (unpaired) electrons. The summed E-state index contributed by atoms with van der Waals surface area (Å²) in [6.45, 7) is 1.28. The van der Waals surface area contributed by atoms with E-state index in [-0.39, 0.29) is 11.7 Å². The zero-order chi connectivity index (χ0) is 11.0. The molecule has 2 N–H and O–H groups in total. The lowest BCUT2D eigenvalue weighted by molar-refractivity contribution is -0.384. The molecule has 80 valence electrons. The molecule has 0 atom stereocenters. The Kier molecular flexibility index (Phi) is 2.57. The van der Waals surface area contributed by atoms with Crippen LogP contribution >= 0.6 is 15.9 Å². The van der Waals surface area contributed by atoms with Crippen LogP contribution in [-0.4, -0.2) is 29.0 Å². The van der Waals surface area contributed by atoms with Crippen molar-refractivity contribution in [1.82, 2.24) is 4.98 Å². The Hall–Kier alpha value is -1.21. The molecule has 7 heteroatoms. The summed E-state index contributed by atoms with van der Waals surface area (Å²) in [6, 6.07) is 0.102. The van der Waals surface area contributed by atoms with E-state index in [1.54, 1.807) is 6.20 Å². The van der Waals surface area contributed by atoms with E-state index in [4.69, 9.17) is 5.73 Å². The number of pyridine rings is 1. The van der Waals surface area contributed by atoms with Crippen molar-refractivity contribution in [2.45, 2.75) is 6.04 Å². The Bertz CT molecular complexity index is 406. The fraction of sp³-hybridized carbons (Fsp3) is 0.375. The molecule has 1 aliphatic rings. The van der Waals surface area contributed by atoms with Gasteiger partial charge >= 0.3 is 5.69 Å². The average molecular weight is 273 g/mol. The Morgan fingerprint density at radius 3 is 2.80 bits per heavy atom. The van der Waals surface area contributed by atoms with Gasteiger partial charge in [-0.05, 0) is 15.9 Å². The number of anilines is 1.